The van der Waals surface area contributed by atoms with Crippen LogP contribution in [0.4, 0.5) is 5.69 Å². The molecule has 1 aromatic carbocycles. The summed E-state index contributed by atoms with van der Waals surface area (Å²) in [5.74, 6) is 0. The van der Waals surface area contributed by atoms with E-state index in [4.69, 9.17) is 0 Å². The average molecular weight is 271 g/mol. The average Bonchev–Trinajstić information content (AvgIpc) is 3.01. The second-order valence-electron chi connectivity index (χ2n) is 6.65. The number of benzene rings is 1. The summed E-state index contributed by atoms with van der Waals surface area (Å²) in [6, 6.07) is 10.2. The van der Waals surface area contributed by atoms with Crippen molar-refractivity contribution in [3.05, 3.63) is 29.8 Å². The van der Waals surface area contributed by atoms with Gasteiger partial charge in [-0.3, -0.25) is 9.80 Å². The van der Waals surface area contributed by atoms with Crippen LogP contribution in [0.2, 0.25) is 0 Å². The summed E-state index contributed by atoms with van der Waals surface area (Å²) in [6.45, 7) is 6.43. The second kappa shape index (κ2) is 5.38. The molecule has 20 heavy (non-hydrogen) atoms. The van der Waals surface area contributed by atoms with Gasteiger partial charge in [-0.1, -0.05) is 18.2 Å². The number of fused-ring (bicyclic) bond motifs is 2. The molecule has 0 aromatic heterocycles. The number of anilines is 1. The van der Waals surface area contributed by atoms with E-state index in [1.807, 2.05) is 0 Å². The van der Waals surface area contributed by atoms with Gasteiger partial charge in [-0.2, -0.15) is 0 Å². The van der Waals surface area contributed by atoms with Gasteiger partial charge in [-0.05, 0) is 56.9 Å². The van der Waals surface area contributed by atoms with E-state index in [2.05, 4.69) is 39.4 Å². The molecule has 3 heteroatoms. The molecule has 1 aromatic rings. The molecule has 2 saturated heterocycles. The molecule has 3 heterocycles. The Bertz CT molecular complexity index is 448. The van der Waals surface area contributed by atoms with Gasteiger partial charge in [0.1, 0.15) is 0 Å². The maximum absolute atomic E-state index is 3.71. The fourth-order valence-electron chi connectivity index (χ4n) is 4.25. The standard InChI is InChI=1S/C17H25N3/c1-2-7-17-14(5-1)11-15(18-17)12-19-8-4-10-20-9-3-6-16(20)13-19/h1-2,5,7,15-16,18H,3-4,6,8-13H2. The van der Waals surface area contributed by atoms with Crippen LogP contribution in [-0.4, -0.2) is 54.6 Å². The molecule has 3 nitrogen and oxygen atoms in total. The van der Waals surface area contributed by atoms with Crippen molar-refractivity contribution in [2.24, 2.45) is 0 Å². The lowest BCUT2D eigenvalue weighted by molar-refractivity contribution is 0.216. The zero-order valence-electron chi connectivity index (χ0n) is 12.2. The molecule has 2 fully saturated rings. The van der Waals surface area contributed by atoms with Crippen LogP contribution in [0.3, 0.4) is 0 Å². The van der Waals surface area contributed by atoms with Gasteiger partial charge < -0.3 is 5.32 Å². The molecule has 0 aliphatic carbocycles. The smallest absolute Gasteiger partial charge is 0.0429 e. The first-order valence-corrected chi connectivity index (χ1v) is 8.19. The molecular weight excluding hydrogens is 246 g/mol. The fourth-order valence-corrected chi connectivity index (χ4v) is 4.25. The van der Waals surface area contributed by atoms with Crippen molar-refractivity contribution in [1.29, 1.82) is 0 Å². The predicted molar refractivity (Wildman–Crippen MR) is 83.2 cm³/mol. The van der Waals surface area contributed by atoms with Crippen molar-refractivity contribution in [3.63, 3.8) is 0 Å². The Morgan fingerprint density at radius 3 is 2.95 bits per heavy atom. The summed E-state index contributed by atoms with van der Waals surface area (Å²) in [5.41, 5.74) is 2.85. The zero-order valence-corrected chi connectivity index (χ0v) is 12.2. The molecule has 108 valence electrons. The summed E-state index contributed by atoms with van der Waals surface area (Å²) in [7, 11) is 0. The summed E-state index contributed by atoms with van der Waals surface area (Å²) in [6.07, 6.45) is 5.36. The Hall–Kier alpha value is -1.06. The lowest BCUT2D eigenvalue weighted by Crippen LogP contribution is -2.41. The lowest BCUT2D eigenvalue weighted by Gasteiger charge is -2.27. The van der Waals surface area contributed by atoms with Crippen molar-refractivity contribution in [2.75, 3.05) is 38.0 Å². The minimum atomic E-state index is 0.611. The van der Waals surface area contributed by atoms with Gasteiger partial charge >= 0.3 is 0 Å². The summed E-state index contributed by atoms with van der Waals surface area (Å²) >= 11 is 0. The summed E-state index contributed by atoms with van der Waals surface area (Å²) in [5, 5.41) is 3.71. The Balaban J connectivity index is 1.38. The number of nitrogens with one attached hydrogen (secondary N) is 1. The molecule has 3 aliphatic rings. The third-order valence-corrected chi connectivity index (χ3v) is 5.21. The molecule has 0 saturated carbocycles. The first-order chi connectivity index (χ1) is 9.88. The largest absolute Gasteiger partial charge is 0.380 e. The van der Waals surface area contributed by atoms with Crippen molar-refractivity contribution in [3.8, 4) is 0 Å². The minimum absolute atomic E-state index is 0.611. The minimum Gasteiger partial charge on any atom is -0.380 e. The van der Waals surface area contributed by atoms with Crippen LogP contribution in [0.1, 0.15) is 24.8 Å². The van der Waals surface area contributed by atoms with E-state index in [0.29, 0.717) is 6.04 Å². The van der Waals surface area contributed by atoms with Crippen LogP contribution in [0.15, 0.2) is 24.3 Å². The van der Waals surface area contributed by atoms with Crippen molar-refractivity contribution in [1.82, 2.24) is 9.80 Å². The van der Waals surface area contributed by atoms with Gasteiger partial charge in [0.05, 0.1) is 0 Å². The number of para-hydroxylation sites is 1. The maximum Gasteiger partial charge on any atom is 0.0429 e. The van der Waals surface area contributed by atoms with Crippen molar-refractivity contribution >= 4 is 5.69 Å². The molecule has 2 unspecified atom stereocenters. The van der Waals surface area contributed by atoms with Crippen LogP contribution >= 0.6 is 0 Å². The normalized spacial score (nSPS) is 30.6. The first-order valence-electron chi connectivity index (χ1n) is 8.19. The molecule has 0 spiro atoms. The third-order valence-electron chi connectivity index (χ3n) is 5.21. The summed E-state index contributed by atoms with van der Waals surface area (Å²) in [4.78, 5) is 5.43. The highest BCUT2D eigenvalue weighted by atomic mass is 15.3. The number of rotatable bonds is 2. The SMILES string of the molecule is c1ccc2c(c1)CC(CN1CCCN3CCCC3C1)N2. The molecular formula is C17H25N3. The van der Waals surface area contributed by atoms with Crippen molar-refractivity contribution in [2.45, 2.75) is 37.8 Å². The van der Waals surface area contributed by atoms with Crippen LogP contribution in [0, 0.1) is 0 Å². The van der Waals surface area contributed by atoms with Gasteiger partial charge in [-0.15, -0.1) is 0 Å². The second-order valence-corrected chi connectivity index (χ2v) is 6.65. The van der Waals surface area contributed by atoms with E-state index in [1.165, 1.54) is 69.7 Å². The highest BCUT2D eigenvalue weighted by Crippen LogP contribution is 2.27. The van der Waals surface area contributed by atoms with E-state index in [0.717, 1.165) is 6.04 Å². The zero-order chi connectivity index (χ0) is 13.4. The molecule has 2 atom stereocenters. The van der Waals surface area contributed by atoms with Gasteiger partial charge in [0.15, 0.2) is 0 Å². The van der Waals surface area contributed by atoms with E-state index in [-0.39, 0.29) is 0 Å². The lowest BCUT2D eigenvalue weighted by atomic mass is 10.1. The van der Waals surface area contributed by atoms with Crippen LogP contribution < -0.4 is 5.32 Å². The Morgan fingerprint density at radius 2 is 2.00 bits per heavy atom. The Kier molecular flexibility index (Phi) is 3.41. The van der Waals surface area contributed by atoms with E-state index in [9.17, 15) is 0 Å². The third kappa shape index (κ3) is 2.45. The van der Waals surface area contributed by atoms with Gasteiger partial charge in [0.2, 0.25) is 0 Å². The number of nitrogens with zero attached hydrogens (tertiary/aromatic N) is 2. The predicted octanol–water partition coefficient (Wildman–Crippen LogP) is 2.19. The fraction of sp³-hybridized carbons (Fsp3) is 0.647. The Labute approximate surface area is 121 Å². The quantitative estimate of drug-likeness (QED) is 0.889. The van der Waals surface area contributed by atoms with Crippen molar-refractivity contribution < 1.29 is 0 Å². The number of hydrogen-bond acceptors (Lipinski definition) is 3. The highest BCUT2D eigenvalue weighted by Gasteiger charge is 2.30. The molecule has 1 N–H and O–H groups in total. The Morgan fingerprint density at radius 1 is 1.10 bits per heavy atom. The first kappa shape index (κ1) is 12.7. The van der Waals surface area contributed by atoms with Crippen LogP contribution in [-0.2, 0) is 6.42 Å². The van der Waals surface area contributed by atoms with Crippen LogP contribution in [0.5, 0.6) is 0 Å². The number of hydrogen-bond donors (Lipinski definition) is 1. The monoisotopic (exact) mass is 271 g/mol. The van der Waals surface area contributed by atoms with Gasteiger partial charge in [0.25, 0.3) is 0 Å². The molecule has 0 bridgehead atoms. The highest BCUT2D eigenvalue weighted by molar-refractivity contribution is 5.56. The molecule has 4 rings (SSSR count). The van der Waals surface area contributed by atoms with Crippen LogP contribution in [0.25, 0.3) is 0 Å². The van der Waals surface area contributed by atoms with E-state index in [1.54, 1.807) is 0 Å². The molecule has 0 amide bonds. The molecule has 3 aliphatic heterocycles. The summed E-state index contributed by atoms with van der Waals surface area (Å²) < 4.78 is 0. The molecule has 0 radical (unpaired) electrons. The maximum atomic E-state index is 3.71. The van der Waals surface area contributed by atoms with Gasteiger partial charge in [-0.25, -0.2) is 0 Å². The van der Waals surface area contributed by atoms with E-state index < -0.39 is 0 Å². The van der Waals surface area contributed by atoms with Gasteiger partial charge in [0, 0.05) is 30.9 Å². The topological polar surface area (TPSA) is 18.5 Å². The van der Waals surface area contributed by atoms with E-state index >= 15 is 0 Å².